The van der Waals surface area contributed by atoms with E-state index in [0.717, 1.165) is 16.7 Å². The normalized spacial score (nSPS) is 22.7. The number of imidazole rings is 1. The molecule has 0 saturated carbocycles. The van der Waals surface area contributed by atoms with E-state index in [1.54, 1.807) is 10.7 Å². The predicted octanol–water partition coefficient (Wildman–Crippen LogP) is 6.46. The van der Waals surface area contributed by atoms with E-state index in [4.69, 9.17) is 24.0 Å². The van der Waals surface area contributed by atoms with Gasteiger partial charge in [0.2, 0.25) is 10.8 Å². The van der Waals surface area contributed by atoms with Crippen LogP contribution in [0.1, 0.15) is 29.3 Å². The smallest absolute Gasteiger partial charge is 0.230 e. The number of rotatable bonds is 13. The van der Waals surface area contributed by atoms with Gasteiger partial charge in [-0.1, -0.05) is 103 Å². The molecule has 6 rings (SSSR count). The van der Waals surface area contributed by atoms with Gasteiger partial charge in [0.1, 0.15) is 34.6 Å². The maximum Gasteiger partial charge on any atom is 0.230 e. The average molecular weight is 654 g/mol. The van der Waals surface area contributed by atoms with Crippen molar-refractivity contribution in [3.8, 4) is 6.07 Å². The number of benzene rings is 3. The first-order valence-electron chi connectivity index (χ1n) is 14.9. The fourth-order valence-electron chi connectivity index (χ4n) is 5.78. The second kappa shape index (κ2) is 14.3. The fraction of sp³-hybridized carbons (Fsp3) is 0.314. The maximum absolute atomic E-state index is 11.2. The van der Waals surface area contributed by atoms with Crippen LogP contribution in [0.3, 0.4) is 0 Å². The quantitative estimate of drug-likeness (QED) is 0.132. The van der Waals surface area contributed by atoms with Crippen molar-refractivity contribution >= 4 is 29.2 Å². The lowest BCUT2D eigenvalue weighted by molar-refractivity contribution is -0.168. The van der Waals surface area contributed by atoms with Gasteiger partial charge in [-0.05, 0) is 36.1 Å². The van der Waals surface area contributed by atoms with E-state index in [1.807, 2.05) is 110 Å². The summed E-state index contributed by atoms with van der Waals surface area (Å²) >= 11 is 2.88. The molecule has 236 valence electrons. The van der Waals surface area contributed by atoms with E-state index in [-0.39, 0.29) is 13.2 Å². The van der Waals surface area contributed by atoms with Gasteiger partial charge in [0.25, 0.3) is 0 Å². The molecule has 11 heteroatoms. The number of ether oxygens (including phenoxy) is 4. The van der Waals surface area contributed by atoms with E-state index in [9.17, 15) is 5.26 Å². The highest BCUT2D eigenvalue weighted by molar-refractivity contribution is 7.99. The molecule has 0 amide bonds. The molecule has 0 radical (unpaired) electrons. The molecule has 1 aliphatic heterocycles. The predicted molar refractivity (Wildman–Crippen MR) is 177 cm³/mol. The van der Waals surface area contributed by atoms with Gasteiger partial charge < -0.3 is 18.9 Å². The van der Waals surface area contributed by atoms with Gasteiger partial charge >= 0.3 is 0 Å². The van der Waals surface area contributed by atoms with E-state index >= 15 is 0 Å². The summed E-state index contributed by atoms with van der Waals surface area (Å²) in [6.45, 7) is 2.95. The van der Waals surface area contributed by atoms with Crippen molar-refractivity contribution in [3.05, 3.63) is 120 Å². The first-order valence-corrected chi connectivity index (χ1v) is 17.3. The SMILES string of the molecule is CSc1nc(SC)c2ncc(C3(C#N)O[C@H](COCc4ccccc4)[C@@H](OCc4ccccc4)[C@@]3(C)OCc3ccccc3)n2n1. The number of hydrogen-bond acceptors (Lipinski definition) is 10. The van der Waals surface area contributed by atoms with Crippen LogP contribution in [0.5, 0.6) is 0 Å². The second-order valence-electron chi connectivity index (χ2n) is 11.0. The fourth-order valence-corrected chi connectivity index (χ4v) is 6.68. The lowest BCUT2D eigenvalue weighted by Gasteiger charge is -2.39. The zero-order valence-corrected chi connectivity index (χ0v) is 27.5. The van der Waals surface area contributed by atoms with Crippen LogP contribution in [0.2, 0.25) is 0 Å². The van der Waals surface area contributed by atoms with Crippen molar-refractivity contribution in [2.75, 3.05) is 19.1 Å². The molecule has 2 aromatic heterocycles. The Morgan fingerprint density at radius 1 is 0.870 bits per heavy atom. The number of nitriles is 1. The van der Waals surface area contributed by atoms with Crippen molar-refractivity contribution in [1.29, 1.82) is 5.26 Å². The third kappa shape index (κ3) is 6.29. The number of nitrogens with zero attached hydrogens (tertiary/aromatic N) is 5. The van der Waals surface area contributed by atoms with E-state index < -0.39 is 23.4 Å². The highest BCUT2D eigenvalue weighted by atomic mass is 32.2. The third-order valence-corrected chi connectivity index (χ3v) is 9.36. The standard InChI is InChI=1S/C35H35N5O4S2/c1-34(43-22-27-17-11-6-12-18-27)30(42-21-26-15-9-5-10-16-26)28(23-41-20-25-13-7-4-8-14-25)44-35(34,24-36)29-19-37-31-32(45-2)38-33(46-3)39-40(29)31/h4-19,28,30H,20-23H2,1-3H3/t28-,30-,34-,35?/m1/s1. The second-order valence-corrected chi connectivity index (χ2v) is 12.6. The molecule has 0 bridgehead atoms. The Kier molecular flexibility index (Phi) is 10.0. The molecule has 0 N–H and O–H groups in total. The van der Waals surface area contributed by atoms with Crippen LogP contribution in [-0.2, 0) is 44.4 Å². The van der Waals surface area contributed by atoms with Crippen LogP contribution < -0.4 is 0 Å². The monoisotopic (exact) mass is 653 g/mol. The molecule has 4 atom stereocenters. The zero-order valence-electron chi connectivity index (χ0n) is 25.9. The van der Waals surface area contributed by atoms with Crippen LogP contribution in [0.25, 0.3) is 5.65 Å². The van der Waals surface area contributed by atoms with Gasteiger partial charge in [-0.2, -0.15) is 5.26 Å². The van der Waals surface area contributed by atoms with Gasteiger partial charge in [-0.25, -0.2) is 14.5 Å². The summed E-state index contributed by atoms with van der Waals surface area (Å²) < 4.78 is 28.3. The number of hydrogen-bond donors (Lipinski definition) is 0. The minimum absolute atomic E-state index is 0.167. The summed E-state index contributed by atoms with van der Waals surface area (Å²) in [6, 6.07) is 32.2. The number of aromatic nitrogens is 4. The molecular weight excluding hydrogens is 619 g/mol. The largest absolute Gasteiger partial charge is 0.374 e. The maximum atomic E-state index is 11.2. The van der Waals surface area contributed by atoms with Crippen molar-refractivity contribution in [3.63, 3.8) is 0 Å². The molecule has 0 spiro atoms. The molecule has 3 heterocycles. The minimum atomic E-state index is -1.68. The molecule has 9 nitrogen and oxygen atoms in total. The first-order chi connectivity index (χ1) is 22.5. The molecule has 3 aromatic carbocycles. The highest BCUT2D eigenvalue weighted by Gasteiger charge is 2.68. The lowest BCUT2D eigenvalue weighted by atomic mass is 9.79. The van der Waals surface area contributed by atoms with E-state index in [1.165, 1.54) is 23.5 Å². The van der Waals surface area contributed by atoms with Crippen LogP contribution >= 0.6 is 23.5 Å². The Balaban J connectivity index is 1.45. The van der Waals surface area contributed by atoms with Crippen LogP contribution in [0.4, 0.5) is 0 Å². The summed E-state index contributed by atoms with van der Waals surface area (Å²) in [5.74, 6) is 0. The molecule has 1 saturated heterocycles. The first kappa shape index (κ1) is 32.2. The minimum Gasteiger partial charge on any atom is -0.374 e. The lowest BCUT2D eigenvalue weighted by Crippen LogP contribution is -2.55. The number of thioether (sulfide) groups is 2. The van der Waals surface area contributed by atoms with Crippen molar-refractivity contribution < 1.29 is 18.9 Å². The Hall–Kier alpha value is -3.76. The number of fused-ring (bicyclic) bond motifs is 1. The summed E-state index contributed by atoms with van der Waals surface area (Å²) in [5.41, 5.74) is 0.946. The highest BCUT2D eigenvalue weighted by Crippen LogP contribution is 2.51. The van der Waals surface area contributed by atoms with E-state index in [0.29, 0.717) is 34.7 Å². The summed E-state index contributed by atoms with van der Waals surface area (Å²) in [5, 5.41) is 17.2. The summed E-state index contributed by atoms with van der Waals surface area (Å²) in [4.78, 5) is 9.31. The molecule has 0 aliphatic carbocycles. The van der Waals surface area contributed by atoms with Gasteiger partial charge in [-0.3, -0.25) is 0 Å². The summed E-state index contributed by atoms with van der Waals surface area (Å²) in [6.07, 6.45) is 4.12. The molecule has 5 aromatic rings. The molecular formula is C35H35N5O4S2. The Bertz CT molecular complexity index is 1790. The molecule has 1 aliphatic rings. The zero-order chi connectivity index (χ0) is 32.0. The van der Waals surface area contributed by atoms with Crippen molar-refractivity contribution in [1.82, 2.24) is 19.6 Å². The van der Waals surface area contributed by atoms with Crippen LogP contribution in [0, 0.1) is 11.3 Å². The molecule has 1 unspecified atom stereocenters. The van der Waals surface area contributed by atoms with Crippen molar-refractivity contribution in [2.45, 2.75) is 60.3 Å². The van der Waals surface area contributed by atoms with Gasteiger partial charge in [0, 0.05) is 0 Å². The van der Waals surface area contributed by atoms with Crippen molar-refractivity contribution in [2.24, 2.45) is 0 Å². The Morgan fingerprint density at radius 2 is 1.48 bits per heavy atom. The topological polar surface area (TPSA) is 104 Å². The Morgan fingerprint density at radius 3 is 2.07 bits per heavy atom. The Labute approximate surface area is 277 Å². The van der Waals surface area contributed by atoms with Gasteiger partial charge in [0.15, 0.2) is 5.65 Å². The van der Waals surface area contributed by atoms with Gasteiger partial charge in [0.05, 0.1) is 32.6 Å². The molecule has 46 heavy (non-hydrogen) atoms. The van der Waals surface area contributed by atoms with E-state index in [2.05, 4.69) is 16.0 Å². The summed E-state index contributed by atoms with van der Waals surface area (Å²) in [7, 11) is 0. The van der Waals surface area contributed by atoms with Crippen LogP contribution in [-0.4, -0.2) is 56.5 Å². The van der Waals surface area contributed by atoms with Gasteiger partial charge in [-0.15, -0.1) is 16.9 Å². The average Bonchev–Trinajstić information content (AvgIpc) is 3.64. The van der Waals surface area contributed by atoms with Crippen LogP contribution in [0.15, 0.2) is 107 Å². The molecule has 1 fully saturated rings. The third-order valence-electron chi connectivity index (χ3n) is 8.16.